The Morgan fingerprint density at radius 3 is 2.50 bits per heavy atom. The molecule has 0 aromatic heterocycles. The molecule has 0 saturated heterocycles. The first-order valence-electron chi connectivity index (χ1n) is 6.00. The lowest BCUT2D eigenvalue weighted by Crippen LogP contribution is -2.13. The van der Waals surface area contributed by atoms with Crippen LogP contribution in [0.1, 0.15) is 21.8 Å². The third kappa shape index (κ3) is 2.52. The standard InChI is InChI=1S/C16H12FNO2/c1-20-15-9-5-3-7-12(15)16(19)13(10-18)11-6-2-4-8-14(11)17/h2-9,13H,1H3. The lowest BCUT2D eigenvalue weighted by atomic mass is 9.91. The first-order valence-corrected chi connectivity index (χ1v) is 6.00. The van der Waals surface area contributed by atoms with Gasteiger partial charge in [-0.05, 0) is 18.2 Å². The molecule has 100 valence electrons. The molecule has 3 nitrogen and oxygen atoms in total. The summed E-state index contributed by atoms with van der Waals surface area (Å²) in [4.78, 5) is 12.4. The Bertz CT molecular complexity index is 676. The van der Waals surface area contributed by atoms with Gasteiger partial charge in [0, 0.05) is 5.56 Å². The number of carbonyl (C=O) groups excluding carboxylic acids is 1. The zero-order valence-electron chi connectivity index (χ0n) is 10.8. The number of hydrogen-bond acceptors (Lipinski definition) is 3. The maximum absolute atomic E-state index is 13.8. The summed E-state index contributed by atoms with van der Waals surface area (Å²) in [5.41, 5.74) is 0.343. The van der Waals surface area contributed by atoms with Gasteiger partial charge in [-0.1, -0.05) is 30.3 Å². The fourth-order valence-electron chi connectivity index (χ4n) is 1.98. The number of rotatable bonds is 4. The summed E-state index contributed by atoms with van der Waals surface area (Å²) in [6, 6.07) is 14.2. The van der Waals surface area contributed by atoms with Gasteiger partial charge >= 0.3 is 0 Å². The second-order valence-electron chi connectivity index (χ2n) is 4.15. The molecule has 4 heteroatoms. The third-order valence-corrected chi connectivity index (χ3v) is 2.98. The first kappa shape index (κ1) is 13.8. The highest BCUT2D eigenvalue weighted by molar-refractivity contribution is 6.04. The molecule has 0 heterocycles. The fourth-order valence-corrected chi connectivity index (χ4v) is 1.98. The van der Waals surface area contributed by atoms with E-state index in [2.05, 4.69) is 0 Å². The molecule has 1 atom stereocenters. The quantitative estimate of drug-likeness (QED) is 0.800. The molecule has 1 unspecified atom stereocenters. The van der Waals surface area contributed by atoms with Gasteiger partial charge in [-0.3, -0.25) is 4.79 Å². The maximum Gasteiger partial charge on any atom is 0.188 e. The van der Waals surface area contributed by atoms with E-state index in [1.54, 1.807) is 30.3 Å². The Morgan fingerprint density at radius 2 is 1.85 bits per heavy atom. The summed E-state index contributed by atoms with van der Waals surface area (Å²) in [6.45, 7) is 0. The van der Waals surface area contributed by atoms with Crippen molar-refractivity contribution >= 4 is 5.78 Å². The van der Waals surface area contributed by atoms with Crippen LogP contribution < -0.4 is 4.74 Å². The molecule has 0 spiro atoms. The number of hydrogen-bond donors (Lipinski definition) is 0. The number of benzene rings is 2. The molecular formula is C16H12FNO2. The van der Waals surface area contributed by atoms with Crippen LogP contribution >= 0.6 is 0 Å². The monoisotopic (exact) mass is 269 g/mol. The van der Waals surface area contributed by atoms with Gasteiger partial charge in [0.15, 0.2) is 5.78 Å². The summed E-state index contributed by atoms with van der Waals surface area (Å²) < 4.78 is 18.9. The van der Waals surface area contributed by atoms with Gasteiger partial charge in [0.1, 0.15) is 17.5 Å². The number of carbonyl (C=O) groups is 1. The molecule has 0 bridgehead atoms. The van der Waals surface area contributed by atoms with E-state index in [1.165, 1.54) is 25.3 Å². The van der Waals surface area contributed by atoms with Gasteiger partial charge < -0.3 is 4.74 Å². The van der Waals surface area contributed by atoms with Crippen molar-refractivity contribution in [1.82, 2.24) is 0 Å². The van der Waals surface area contributed by atoms with E-state index in [-0.39, 0.29) is 11.1 Å². The highest BCUT2D eigenvalue weighted by Crippen LogP contribution is 2.27. The highest BCUT2D eigenvalue weighted by Gasteiger charge is 2.26. The van der Waals surface area contributed by atoms with Crippen molar-refractivity contribution in [2.75, 3.05) is 7.11 Å². The van der Waals surface area contributed by atoms with E-state index in [0.717, 1.165) is 0 Å². The number of ketones is 1. The van der Waals surface area contributed by atoms with Crippen LogP contribution in [0.5, 0.6) is 5.75 Å². The Balaban J connectivity index is 2.46. The SMILES string of the molecule is COc1ccccc1C(=O)C(C#N)c1ccccc1F. The number of methoxy groups -OCH3 is 1. The summed E-state index contributed by atoms with van der Waals surface area (Å²) in [5.74, 6) is -1.86. The fraction of sp³-hybridized carbons (Fsp3) is 0.125. The van der Waals surface area contributed by atoms with Crippen LogP contribution in [0.2, 0.25) is 0 Å². The Hall–Kier alpha value is -2.67. The van der Waals surface area contributed by atoms with E-state index < -0.39 is 17.5 Å². The molecule has 2 aromatic carbocycles. The van der Waals surface area contributed by atoms with Crippen LogP contribution in [0.3, 0.4) is 0 Å². The number of para-hydroxylation sites is 1. The van der Waals surface area contributed by atoms with E-state index in [4.69, 9.17) is 4.74 Å². The smallest absolute Gasteiger partial charge is 0.188 e. The Labute approximate surface area is 116 Å². The molecule has 0 aliphatic carbocycles. The van der Waals surface area contributed by atoms with Crippen LogP contribution in [0.4, 0.5) is 4.39 Å². The van der Waals surface area contributed by atoms with Crippen molar-refractivity contribution < 1.29 is 13.9 Å². The van der Waals surface area contributed by atoms with Crippen LogP contribution in [0.15, 0.2) is 48.5 Å². The lowest BCUT2D eigenvalue weighted by molar-refractivity contribution is 0.0974. The molecular weight excluding hydrogens is 257 g/mol. The molecule has 0 aliphatic heterocycles. The van der Waals surface area contributed by atoms with E-state index >= 15 is 0 Å². The summed E-state index contributed by atoms with van der Waals surface area (Å²) in [7, 11) is 1.44. The molecule has 0 N–H and O–H groups in total. The van der Waals surface area contributed by atoms with E-state index in [1.807, 2.05) is 6.07 Å². The molecule has 0 saturated carbocycles. The van der Waals surface area contributed by atoms with Gasteiger partial charge in [-0.2, -0.15) is 5.26 Å². The second-order valence-corrected chi connectivity index (χ2v) is 4.15. The predicted molar refractivity (Wildman–Crippen MR) is 72.1 cm³/mol. The Morgan fingerprint density at radius 1 is 1.20 bits per heavy atom. The van der Waals surface area contributed by atoms with Crippen LogP contribution in [-0.4, -0.2) is 12.9 Å². The van der Waals surface area contributed by atoms with Crippen molar-refractivity contribution in [2.45, 2.75) is 5.92 Å². The second kappa shape index (κ2) is 5.98. The maximum atomic E-state index is 13.8. The number of ether oxygens (including phenoxy) is 1. The van der Waals surface area contributed by atoms with E-state index in [9.17, 15) is 14.4 Å². The van der Waals surface area contributed by atoms with Crippen LogP contribution in [0.25, 0.3) is 0 Å². The molecule has 0 amide bonds. The van der Waals surface area contributed by atoms with Crippen LogP contribution in [0, 0.1) is 17.1 Å². The zero-order valence-corrected chi connectivity index (χ0v) is 10.8. The topological polar surface area (TPSA) is 50.1 Å². The van der Waals surface area contributed by atoms with Crippen molar-refractivity contribution in [1.29, 1.82) is 5.26 Å². The minimum atomic E-state index is -1.19. The van der Waals surface area contributed by atoms with Crippen LogP contribution in [-0.2, 0) is 0 Å². The summed E-state index contributed by atoms with van der Waals surface area (Å²) in [6.07, 6.45) is 0. The first-order chi connectivity index (χ1) is 9.69. The average Bonchev–Trinajstić information content (AvgIpc) is 2.49. The normalized spacial score (nSPS) is 11.4. The average molecular weight is 269 g/mol. The summed E-state index contributed by atoms with van der Waals surface area (Å²) in [5, 5.41) is 9.22. The van der Waals surface area contributed by atoms with Gasteiger partial charge in [-0.15, -0.1) is 0 Å². The van der Waals surface area contributed by atoms with Crippen molar-refractivity contribution in [3.05, 3.63) is 65.5 Å². The van der Waals surface area contributed by atoms with Gasteiger partial charge in [0.2, 0.25) is 0 Å². The third-order valence-electron chi connectivity index (χ3n) is 2.98. The minimum absolute atomic E-state index is 0.0749. The van der Waals surface area contributed by atoms with Crippen molar-refractivity contribution in [2.24, 2.45) is 0 Å². The highest BCUT2D eigenvalue weighted by atomic mass is 19.1. The zero-order chi connectivity index (χ0) is 14.5. The molecule has 2 aromatic rings. The van der Waals surface area contributed by atoms with Gasteiger partial charge in [0.05, 0.1) is 18.7 Å². The number of halogens is 1. The lowest BCUT2D eigenvalue weighted by Gasteiger charge is -2.12. The van der Waals surface area contributed by atoms with Crippen molar-refractivity contribution in [3.8, 4) is 11.8 Å². The molecule has 0 radical (unpaired) electrons. The largest absolute Gasteiger partial charge is 0.496 e. The summed E-state index contributed by atoms with van der Waals surface area (Å²) >= 11 is 0. The minimum Gasteiger partial charge on any atom is -0.496 e. The Kier molecular flexibility index (Phi) is 4.11. The predicted octanol–water partition coefficient (Wildman–Crippen LogP) is 3.32. The number of nitrogens with zero attached hydrogens (tertiary/aromatic N) is 1. The van der Waals surface area contributed by atoms with Gasteiger partial charge in [-0.25, -0.2) is 4.39 Å². The molecule has 2 rings (SSSR count). The molecule has 0 aliphatic rings. The number of nitriles is 1. The van der Waals surface area contributed by atoms with Gasteiger partial charge in [0.25, 0.3) is 0 Å². The molecule has 0 fully saturated rings. The van der Waals surface area contributed by atoms with Crippen molar-refractivity contribution in [3.63, 3.8) is 0 Å². The number of Topliss-reactive ketones (excluding diaryl/α,β-unsaturated/α-hetero) is 1. The molecule has 20 heavy (non-hydrogen) atoms. The van der Waals surface area contributed by atoms with E-state index in [0.29, 0.717) is 5.75 Å².